The largest absolute Gasteiger partial charge is 0.374 e. The van der Waals surface area contributed by atoms with E-state index in [1.54, 1.807) is 11.8 Å². The summed E-state index contributed by atoms with van der Waals surface area (Å²) in [5.74, 6) is 0.863. The molecule has 0 unspecified atom stereocenters. The quantitative estimate of drug-likeness (QED) is 0.829. The standard InChI is InChI=1S/C16H26N2S/c1-18(12-13-7-4-3-5-8-13)15-9-6-10-16(19-2)14(15)11-17/h6,9-10,13H,3-5,7-8,11-12,17H2,1-2H3. The van der Waals surface area contributed by atoms with Crippen molar-refractivity contribution in [2.45, 2.75) is 43.5 Å². The van der Waals surface area contributed by atoms with Crippen LogP contribution in [0, 0.1) is 5.92 Å². The van der Waals surface area contributed by atoms with Gasteiger partial charge in [0.15, 0.2) is 0 Å². The van der Waals surface area contributed by atoms with Crippen LogP contribution in [0.4, 0.5) is 5.69 Å². The highest BCUT2D eigenvalue weighted by Gasteiger charge is 2.17. The molecule has 0 bridgehead atoms. The van der Waals surface area contributed by atoms with Crippen LogP contribution < -0.4 is 10.6 Å². The highest BCUT2D eigenvalue weighted by molar-refractivity contribution is 7.98. The molecular weight excluding hydrogens is 252 g/mol. The second-order valence-corrected chi connectivity index (χ2v) is 6.39. The van der Waals surface area contributed by atoms with Crippen LogP contribution >= 0.6 is 11.8 Å². The van der Waals surface area contributed by atoms with Crippen LogP contribution in [0.25, 0.3) is 0 Å². The Balaban J connectivity index is 2.11. The smallest absolute Gasteiger partial charge is 0.0420 e. The number of thioether (sulfide) groups is 1. The van der Waals surface area contributed by atoms with Gasteiger partial charge in [-0.05, 0) is 37.1 Å². The third-order valence-electron chi connectivity index (χ3n) is 4.20. The molecule has 1 aliphatic carbocycles. The Bertz CT molecular complexity index is 400. The van der Waals surface area contributed by atoms with Crippen molar-refractivity contribution in [2.75, 3.05) is 24.7 Å². The Hall–Kier alpha value is -0.670. The maximum Gasteiger partial charge on any atom is 0.0420 e. The van der Waals surface area contributed by atoms with Gasteiger partial charge in [-0.2, -0.15) is 0 Å². The van der Waals surface area contributed by atoms with E-state index in [1.165, 1.54) is 54.8 Å². The third-order valence-corrected chi connectivity index (χ3v) is 5.02. The van der Waals surface area contributed by atoms with Crippen molar-refractivity contribution in [1.29, 1.82) is 0 Å². The van der Waals surface area contributed by atoms with Gasteiger partial charge in [-0.3, -0.25) is 0 Å². The molecule has 0 amide bonds. The molecule has 1 aromatic rings. The molecule has 19 heavy (non-hydrogen) atoms. The van der Waals surface area contributed by atoms with Crippen LogP contribution in [0.2, 0.25) is 0 Å². The first-order chi connectivity index (χ1) is 9.26. The summed E-state index contributed by atoms with van der Waals surface area (Å²) < 4.78 is 0. The fourth-order valence-electron chi connectivity index (χ4n) is 3.16. The zero-order valence-electron chi connectivity index (χ0n) is 12.2. The minimum atomic E-state index is 0.626. The summed E-state index contributed by atoms with van der Waals surface area (Å²) in [6.07, 6.45) is 9.16. The molecular formula is C16H26N2S. The number of hydrogen-bond donors (Lipinski definition) is 1. The molecule has 3 heteroatoms. The van der Waals surface area contributed by atoms with E-state index < -0.39 is 0 Å². The number of benzene rings is 1. The Labute approximate surface area is 121 Å². The molecule has 0 atom stereocenters. The van der Waals surface area contributed by atoms with Crippen LogP contribution in [-0.2, 0) is 6.54 Å². The number of rotatable bonds is 5. The summed E-state index contributed by atoms with van der Waals surface area (Å²) in [5.41, 5.74) is 8.58. The van der Waals surface area contributed by atoms with Gasteiger partial charge in [-0.15, -0.1) is 11.8 Å². The monoisotopic (exact) mass is 278 g/mol. The average molecular weight is 278 g/mol. The molecule has 0 radical (unpaired) electrons. The molecule has 2 nitrogen and oxygen atoms in total. The van der Waals surface area contributed by atoms with Crippen molar-refractivity contribution in [3.63, 3.8) is 0 Å². The van der Waals surface area contributed by atoms with E-state index in [1.807, 2.05) is 0 Å². The normalized spacial score (nSPS) is 16.6. The predicted octanol–water partition coefficient (Wildman–Crippen LogP) is 3.88. The topological polar surface area (TPSA) is 29.3 Å². The van der Waals surface area contributed by atoms with Gasteiger partial charge in [-0.1, -0.05) is 25.3 Å². The third kappa shape index (κ3) is 3.67. The second-order valence-electron chi connectivity index (χ2n) is 5.55. The average Bonchev–Trinajstić information content (AvgIpc) is 2.47. The van der Waals surface area contributed by atoms with Gasteiger partial charge in [0.1, 0.15) is 0 Å². The summed E-state index contributed by atoms with van der Waals surface area (Å²) in [6.45, 7) is 1.80. The van der Waals surface area contributed by atoms with Crippen LogP contribution in [-0.4, -0.2) is 19.8 Å². The summed E-state index contributed by atoms with van der Waals surface area (Å²) >= 11 is 1.79. The predicted molar refractivity (Wildman–Crippen MR) is 86.0 cm³/mol. The molecule has 0 saturated heterocycles. The highest BCUT2D eigenvalue weighted by atomic mass is 32.2. The summed E-state index contributed by atoms with van der Waals surface area (Å²) in [4.78, 5) is 3.73. The van der Waals surface area contributed by atoms with E-state index >= 15 is 0 Å². The van der Waals surface area contributed by atoms with Gasteiger partial charge in [-0.25, -0.2) is 0 Å². The Morgan fingerprint density at radius 1 is 1.26 bits per heavy atom. The summed E-state index contributed by atoms with van der Waals surface area (Å²) in [6, 6.07) is 6.53. The molecule has 1 aromatic carbocycles. The van der Waals surface area contributed by atoms with Gasteiger partial charge in [0.2, 0.25) is 0 Å². The van der Waals surface area contributed by atoms with E-state index in [0.29, 0.717) is 6.54 Å². The lowest BCUT2D eigenvalue weighted by Gasteiger charge is -2.30. The van der Waals surface area contributed by atoms with E-state index in [2.05, 4.69) is 36.4 Å². The Morgan fingerprint density at radius 2 is 2.00 bits per heavy atom. The lowest BCUT2D eigenvalue weighted by molar-refractivity contribution is 0.362. The van der Waals surface area contributed by atoms with Crippen LogP contribution in [0.15, 0.2) is 23.1 Å². The number of nitrogens with two attached hydrogens (primary N) is 1. The van der Waals surface area contributed by atoms with Crippen molar-refractivity contribution in [3.8, 4) is 0 Å². The van der Waals surface area contributed by atoms with E-state index in [9.17, 15) is 0 Å². The van der Waals surface area contributed by atoms with Gasteiger partial charge < -0.3 is 10.6 Å². The highest BCUT2D eigenvalue weighted by Crippen LogP contribution is 2.31. The molecule has 1 fully saturated rings. The first-order valence-electron chi connectivity index (χ1n) is 7.33. The summed E-state index contributed by atoms with van der Waals surface area (Å²) in [7, 11) is 2.22. The SMILES string of the molecule is CSc1cccc(N(C)CC2CCCCC2)c1CN. The van der Waals surface area contributed by atoms with E-state index in [0.717, 1.165) is 5.92 Å². The Morgan fingerprint density at radius 3 is 2.63 bits per heavy atom. The molecule has 106 valence electrons. The molecule has 1 saturated carbocycles. The molecule has 2 rings (SSSR count). The second kappa shape index (κ2) is 7.20. The summed E-state index contributed by atoms with van der Waals surface area (Å²) in [5, 5.41) is 0. The van der Waals surface area contributed by atoms with Crippen LogP contribution in [0.3, 0.4) is 0 Å². The first kappa shape index (κ1) is 14.7. The van der Waals surface area contributed by atoms with Gasteiger partial charge in [0, 0.05) is 36.3 Å². The van der Waals surface area contributed by atoms with E-state index in [4.69, 9.17) is 5.73 Å². The van der Waals surface area contributed by atoms with Crippen LogP contribution in [0.1, 0.15) is 37.7 Å². The number of hydrogen-bond acceptors (Lipinski definition) is 3. The first-order valence-corrected chi connectivity index (χ1v) is 8.55. The van der Waals surface area contributed by atoms with E-state index in [-0.39, 0.29) is 0 Å². The molecule has 0 heterocycles. The van der Waals surface area contributed by atoms with Gasteiger partial charge >= 0.3 is 0 Å². The maximum atomic E-state index is 5.96. The number of nitrogens with zero attached hydrogens (tertiary/aromatic N) is 1. The van der Waals surface area contributed by atoms with Crippen LogP contribution in [0.5, 0.6) is 0 Å². The molecule has 2 N–H and O–H groups in total. The van der Waals surface area contributed by atoms with Gasteiger partial charge in [0.25, 0.3) is 0 Å². The van der Waals surface area contributed by atoms with Crippen molar-refractivity contribution in [3.05, 3.63) is 23.8 Å². The Kier molecular flexibility index (Phi) is 5.59. The lowest BCUT2D eigenvalue weighted by Crippen LogP contribution is -2.28. The molecule has 0 aliphatic heterocycles. The van der Waals surface area contributed by atoms with Crippen molar-refractivity contribution >= 4 is 17.4 Å². The van der Waals surface area contributed by atoms with Crippen molar-refractivity contribution in [1.82, 2.24) is 0 Å². The fourth-order valence-corrected chi connectivity index (χ4v) is 3.81. The number of anilines is 1. The minimum Gasteiger partial charge on any atom is -0.374 e. The van der Waals surface area contributed by atoms with Gasteiger partial charge in [0.05, 0.1) is 0 Å². The minimum absolute atomic E-state index is 0.626. The van der Waals surface area contributed by atoms with Crippen molar-refractivity contribution in [2.24, 2.45) is 11.7 Å². The maximum absolute atomic E-state index is 5.96. The molecule has 0 aromatic heterocycles. The fraction of sp³-hybridized carbons (Fsp3) is 0.625. The molecule has 0 spiro atoms. The zero-order chi connectivity index (χ0) is 13.7. The molecule has 1 aliphatic rings. The lowest BCUT2D eigenvalue weighted by atomic mass is 9.89. The van der Waals surface area contributed by atoms with Crippen molar-refractivity contribution < 1.29 is 0 Å². The zero-order valence-corrected chi connectivity index (χ0v) is 13.0.